The fraction of sp³-hybridized carbons (Fsp3) is 0.400. The molecule has 25 heavy (non-hydrogen) atoms. The molecule has 5 nitrogen and oxygen atoms in total. The zero-order valence-corrected chi connectivity index (χ0v) is 14.5. The summed E-state index contributed by atoms with van der Waals surface area (Å²) in [6.45, 7) is 4.68. The van der Waals surface area contributed by atoms with E-state index in [0.717, 1.165) is 25.1 Å². The van der Waals surface area contributed by atoms with Crippen LogP contribution in [0.5, 0.6) is 0 Å². The molecule has 130 valence electrons. The van der Waals surface area contributed by atoms with Gasteiger partial charge in [-0.2, -0.15) is 5.10 Å². The smallest absolute Gasteiger partial charge is 0.246 e. The van der Waals surface area contributed by atoms with E-state index in [-0.39, 0.29) is 11.5 Å². The van der Waals surface area contributed by atoms with Gasteiger partial charge >= 0.3 is 0 Å². The first kappa shape index (κ1) is 16.1. The zero-order chi connectivity index (χ0) is 17.3. The average molecular weight is 337 g/mol. The van der Waals surface area contributed by atoms with E-state index in [2.05, 4.69) is 29.4 Å². The van der Waals surface area contributed by atoms with Crippen LogP contribution in [0.4, 0.5) is 0 Å². The molecule has 2 aliphatic rings. The highest BCUT2D eigenvalue weighted by Gasteiger charge is 2.43. The van der Waals surface area contributed by atoms with Crippen LogP contribution in [0.2, 0.25) is 0 Å². The number of hydrogen-bond acceptors (Lipinski definition) is 3. The van der Waals surface area contributed by atoms with Gasteiger partial charge in [-0.15, -0.1) is 0 Å². The third-order valence-corrected chi connectivity index (χ3v) is 5.25. The summed E-state index contributed by atoms with van der Waals surface area (Å²) in [5.41, 5.74) is 3.22. The number of morpholine rings is 1. The van der Waals surface area contributed by atoms with Crippen molar-refractivity contribution in [2.75, 3.05) is 19.7 Å². The van der Waals surface area contributed by atoms with Crippen molar-refractivity contribution in [3.8, 4) is 0 Å². The van der Waals surface area contributed by atoms with Gasteiger partial charge in [0.2, 0.25) is 5.91 Å². The maximum absolute atomic E-state index is 12.7. The highest BCUT2D eigenvalue weighted by molar-refractivity contribution is 5.91. The van der Waals surface area contributed by atoms with Crippen LogP contribution < -0.4 is 0 Å². The lowest BCUT2D eigenvalue weighted by atomic mass is 9.93. The van der Waals surface area contributed by atoms with Crippen molar-refractivity contribution < 1.29 is 9.53 Å². The molecule has 1 aliphatic heterocycles. The molecule has 1 aromatic carbocycles. The van der Waals surface area contributed by atoms with Gasteiger partial charge in [-0.25, -0.2) is 0 Å². The monoisotopic (exact) mass is 337 g/mol. The van der Waals surface area contributed by atoms with Crippen LogP contribution in [0, 0.1) is 0 Å². The normalized spacial score (nSPS) is 22.7. The van der Waals surface area contributed by atoms with Gasteiger partial charge in [-0.1, -0.05) is 24.3 Å². The van der Waals surface area contributed by atoms with Gasteiger partial charge in [0.1, 0.15) is 5.60 Å². The minimum absolute atomic E-state index is 0.0379. The number of benzene rings is 1. The number of ether oxygens (including phenoxy) is 1. The molecule has 0 N–H and O–H groups in total. The van der Waals surface area contributed by atoms with Gasteiger partial charge in [-0.3, -0.25) is 9.48 Å². The van der Waals surface area contributed by atoms with E-state index in [1.54, 1.807) is 12.3 Å². The van der Waals surface area contributed by atoms with Crippen LogP contribution in [0.25, 0.3) is 6.08 Å². The van der Waals surface area contributed by atoms with Crippen LogP contribution in [0.3, 0.4) is 0 Å². The number of carbonyl (C=O) groups excluding carboxylic acids is 1. The Bertz CT molecular complexity index is 807. The second kappa shape index (κ2) is 6.48. The number of hydrogen-bond donors (Lipinski definition) is 0. The molecular formula is C20H23N3O2. The summed E-state index contributed by atoms with van der Waals surface area (Å²) in [6.07, 6.45) is 7.23. The Morgan fingerprint density at radius 2 is 2.24 bits per heavy atom. The number of fused-ring (bicyclic) bond motifs is 2. The van der Waals surface area contributed by atoms with Crippen molar-refractivity contribution >= 4 is 12.0 Å². The van der Waals surface area contributed by atoms with Gasteiger partial charge in [0.05, 0.1) is 18.8 Å². The van der Waals surface area contributed by atoms with Gasteiger partial charge in [0, 0.05) is 25.4 Å². The molecule has 2 aromatic rings. The van der Waals surface area contributed by atoms with E-state index in [4.69, 9.17) is 4.74 Å². The number of nitrogens with zero attached hydrogens (tertiary/aromatic N) is 3. The molecular weight excluding hydrogens is 314 g/mol. The van der Waals surface area contributed by atoms with Crippen LogP contribution in [0.15, 0.2) is 42.6 Å². The van der Waals surface area contributed by atoms with Gasteiger partial charge in [0.15, 0.2) is 0 Å². The lowest BCUT2D eigenvalue weighted by Crippen LogP contribution is -2.50. The molecule has 5 heteroatoms. The second-order valence-electron chi connectivity index (χ2n) is 6.66. The molecule has 1 atom stereocenters. The number of rotatable bonds is 3. The largest absolute Gasteiger partial charge is 0.367 e. The van der Waals surface area contributed by atoms with Crippen LogP contribution in [0.1, 0.15) is 30.2 Å². The highest BCUT2D eigenvalue weighted by Crippen LogP contribution is 2.42. The lowest BCUT2D eigenvalue weighted by Gasteiger charge is -2.40. The predicted molar refractivity (Wildman–Crippen MR) is 95.9 cm³/mol. The summed E-state index contributed by atoms with van der Waals surface area (Å²) in [5, 5.41) is 4.23. The van der Waals surface area contributed by atoms with Crippen LogP contribution >= 0.6 is 0 Å². The Hall–Kier alpha value is -2.40. The molecule has 2 heterocycles. The van der Waals surface area contributed by atoms with E-state index in [9.17, 15) is 4.79 Å². The Kier molecular flexibility index (Phi) is 4.17. The Morgan fingerprint density at radius 3 is 3.12 bits per heavy atom. The topological polar surface area (TPSA) is 47.4 Å². The van der Waals surface area contributed by atoms with E-state index in [1.807, 2.05) is 28.6 Å². The highest BCUT2D eigenvalue weighted by atomic mass is 16.5. The van der Waals surface area contributed by atoms with E-state index in [1.165, 1.54) is 11.1 Å². The Labute approximate surface area is 147 Å². The van der Waals surface area contributed by atoms with E-state index in [0.29, 0.717) is 19.7 Å². The third kappa shape index (κ3) is 2.89. The maximum atomic E-state index is 12.7. The fourth-order valence-electron chi connectivity index (χ4n) is 3.95. The molecule has 1 fully saturated rings. The van der Waals surface area contributed by atoms with E-state index < -0.39 is 0 Å². The molecule has 1 amide bonds. The minimum atomic E-state index is -0.330. The van der Waals surface area contributed by atoms with Gasteiger partial charge < -0.3 is 9.64 Å². The SMILES string of the molecule is CCn1nccc1/C=C/C(=O)N1CCOC2(CCc3ccccc32)C1. The Balaban J connectivity index is 1.51. The van der Waals surface area contributed by atoms with Crippen molar-refractivity contribution in [2.24, 2.45) is 0 Å². The molecule has 1 aliphatic carbocycles. The first-order valence-corrected chi connectivity index (χ1v) is 8.93. The maximum Gasteiger partial charge on any atom is 0.246 e. The number of carbonyl (C=O) groups is 1. The van der Waals surface area contributed by atoms with Crippen molar-refractivity contribution in [3.05, 3.63) is 59.4 Å². The summed E-state index contributed by atoms with van der Waals surface area (Å²) in [5.74, 6) is 0.0379. The average Bonchev–Trinajstić information content (AvgIpc) is 3.25. The van der Waals surface area contributed by atoms with E-state index >= 15 is 0 Å². The summed E-state index contributed by atoms with van der Waals surface area (Å²) in [6, 6.07) is 10.4. The molecule has 1 aromatic heterocycles. The molecule has 4 rings (SSSR count). The lowest BCUT2D eigenvalue weighted by molar-refractivity contribution is -0.147. The van der Waals surface area contributed by atoms with Crippen molar-refractivity contribution in [3.63, 3.8) is 0 Å². The summed E-state index contributed by atoms with van der Waals surface area (Å²) < 4.78 is 8.06. The molecule has 0 radical (unpaired) electrons. The molecule has 1 unspecified atom stereocenters. The van der Waals surface area contributed by atoms with Gasteiger partial charge in [0.25, 0.3) is 0 Å². The summed E-state index contributed by atoms with van der Waals surface area (Å²) >= 11 is 0. The number of amides is 1. The molecule has 0 saturated carbocycles. The zero-order valence-electron chi connectivity index (χ0n) is 14.5. The Morgan fingerprint density at radius 1 is 1.36 bits per heavy atom. The van der Waals surface area contributed by atoms with Crippen molar-refractivity contribution in [1.82, 2.24) is 14.7 Å². The third-order valence-electron chi connectivity index (χ3n) is 5.25. The minimum Gasteiger partial charge on any atom is -0.367 e. The van der Waals surface area contributed by atoms with Crippen molar-refractivity contribution in [2.45, 2.75) is 31.9 Å². The first-order valence-electron chi connectivity index (χ1n) is 8.93. The second-order valence-corrected chi connectivity index (χ2v) is 6.66. The molecule has 1 spiro atoms. The molecule has 0 bridgehead atoms. The molecule has 1 saturated heterocycles. The summed E-state index contributed by atoms with van der Waals surface area (Å²) in [4.78, 5) is 14.6. The van der Waals surface area contributed by atoms with Crippen molar-refractivity contribution in [1.29, 1.82) is 0 Å². The quantitative estimate of drug-likeness (QED) is 0.809. The number of aromatic nitrogens is 2. The summed E-state index contributed by atoms with van der Waals surface area (Å²) in [7, 11) is 0. The van der Waals surface area contributed by atoms with Crippen LogP contribution in [-0.4, -0.2) is 40.3 Å². The van der Waals surface area contributed by atoms with Crippen LogP contribution in [-0.2, 0) is 28.1 Å². The van der Waals surface area contributed by atoms with Gasteiger partial charge in [-0.05, 0) is 43.0 Å². The fourth-order valence-corrected chi connectivity index (χ4v) is 3.95. The first-order chi connectivity index (χ1) is 12.2. The number of aryl methyl sites for hydroxylation is 2. The predicted octanol–water partition coefficient (Wildman–Crippen LogP) is 2.62. The standard InChI is InChI=1S/C20H23N3O2/c1-2-23-17(10-12-21-23)7-8-19(24)22-13-14-25-20(15-22)11-9-16-5-3-4-6-18(16)20/h3-8,10,12H,2,9,11,13-15H2,1H3/b8-7+.